The number of carbonyl (C=O) groups is 2. The Morgan fingerprint density at radius 3 is 2.79 bits per heavy atom. The zero-order valence-corrected chi connectivity index (χ0v) is 11.5. The van der Waals surface area contributed by atoms with Crippen LogP contribution in [-0.2, 0) is 16.0 Å². The quantitative estimate of drug-likeness (QED) is 0.701. The van der Waals surface area contributed by atoms with Crippen LogP contribution in [0.2, 0.25) is 0 Å². The molecule has 0 aliphatic carbocycles. The fourth-order valence-electron chi connectivity index (χ4n) is 1.51. The normalized spacial score (nSPS) is 9.95. The number of hydrogen-bond acceptors (Lipinski definition) is 4. The molecule has 0 aliphatic heterocycles. The first-order valence-electron chi connectivity index (χ1n) is 5.81. The molecular weight excluding hydrogens is 266 g/mol. The summed E-state index contributed by atoms with van der Waals surface area (Å²) in [7, 11) is 1.57. The molecular formula is C13H17NO4S. The highest BCUT2D eigenvalue weighted by Crippen LogP contribution is 2.17. The molecule has 0 bridgehead atoms. The fourth-order valence-corrected chi connectivity index (χ4v) is 2.07. The summed E-state index contributed by atoms with van der Waals surface area (Å²) in [6.07, 6.45) is 0.258. The van der Waals surface area contributed by atoms with Crippen molar-refractivity contribution in [2.75, 3.05) is 25.2 Å². The molecule has 104 valence electrons. The largest absolute Gasteiger partial charge is 0.496 e. The van der Waals surface area contributed by atoms with Gasteiger partial charge in [0, 0.05) is 17.9 Å². The molecule has 1 rings (SSSR count). The van der Waals surface area contributed by atoms with Crippen LogP contribution in [0.5, 0.6) is 5.75 Å². The highest BCUT2D eigenvalue weighted by molar-refractivity contribution is 7.99. The number of methoxy groups -OCH3 is 1. The third kappa shape index (κ3) is 6.15. The number of amides is 1. The van der Waals surface area contributed by atoms with Gasteiger partial charge in [0.05, 0.1) is 19.3 Å². The molecule has 0 aromatic heterocycles. The van der Waals surface area contributed by atoms with E-state index in [9.17, 15) is 9.59 Å². The maximum Gasteiger partial charge on any atom is 0.313 e. The average Bonchev–Trinajstić information content (AvgIpc) is 2.38. The fraction of sp³-hybridized carbons (Fsp3) is 0.385. The summed E-state index contributed by atoms with van der Waals surface area (Å²) in [6.45, 7) is 0.464. The summed E-state index contributed by atoms with van der Waals surface area (Å²) >= 11 is 1.28. The van der Waals surface area contributed by atoms with Gasteiger partial charge in [0.15, 0.2) is 0 Å². The molecule has 0 fully saturated rings. The maximum atomic E-state index is 11.7. The number of rotatable bonds is 8. The summed E-state index contributed by atoms with van der Waals surface area (Å²) in [5, 5.41) is 11.2. The molecule has 19 heavy (non-hydrogen) atoms. The van der Waals surface area contributed by atoms with Crippen LogP contribution in [-0.4, -0.2) is 42.1 Å². The zero-order chi connectivity index (χ0) is 14.1. The highest BCUT2D eigenvalue weighted by Gasteiger charge is 2.07. The second kappa shape index (κ2) is 8.42. The number of para-hydroxylation sites is 1. The lowest BCUT2D eigenvalue weighted by molar-refractivity contribution is -0.133. The first-order chi connectivity index (χ1) is 9.13. The zero-order valence-electron chi connectivity index (χ0n) is 10.7. The predicted molar refractivity (Wildman–Crippen MR) is 74.7 cm³/mol. The number of hydrogen-bond donors (Lipinski definition) is 2. The molecule has 0 spiro atoms. The number of carboxylic acids is 1. The molecule has 0 radical (unpaired) electrons. The van der Waals surface area contributed by atoms with Crippen molar-refractivity contribution in [2.45, 2.75) is 6.42 Å². The molecule has 6 heteroatoms. The summed E-state index contributed by atoms with van der Waals surface area (Å²) < 4.78 is 5.17. The lowest BCUT2D eigenvalue weighted by Crippen LogP contribution is -2.27. The minimum absolute atomic E-state index is 0.0579. The summed E-state index contributed by atoms with van der Waals surface area (Å²) in [5.41, 5.74) is 0.834. The van der Waals surface area contributed by atoms with Crippen molar-refractivity contribution in [3.63, 3.8) is 0 Å². The van der Waals surface area contributed by atoms with Gasteiger partial charge in [0.2, 0.25) is 5.91 Å². The van der Waals surface area contributed by atoms with Crippen LogP contribution < -0.4 is 10.1 Å². The monoisotopic (exact) mass is 283 g/mol. The Hall–Kier alpha value is -1.69. The topological polar surface area (TPSA) is 75.6 Å². The number of carbonyl (C=O) groups excluding carboxylic acids is 1. The maximum absolute atomic E-state index is 11.7. The van der Waals surface area contributed by atoms with Crippen molar-refractivity contribution in [1.29, 1.82) is 0 Å². The number of carboxylic acid groups (broad SMARTS) is 1. The number of nitrogens with one attached hydrogen (secondary N) is 1. The summed E-state index contributed by atoms with van der Waals surface area (Å²) in [4.78, 5) is 22.0. The Balaban J connectivity index is 2.29. The van der Waals surface area contributed by atoms with Gasteiger partial charge in [-0.1, -0.05) is 18.2 Å². The van der Waals surface area contributed by atoms with Gasteiger partial charge < -0.3 is 15.2 Å². The Morgan fingerprint density at radius 2 is 2.11 bits per heavy atom. The highest BCUT2D eigenvalue weighted by atomic mass is 32.2. The molecule has 0 heterocycles. The van der Waals surface area contributed by atoms with Crippen molar-refractivity contribution in [3.05, 3.63) is 29.8 Å². The molecule has 0 aliphatic rings. The molecule has 0 saturated heterocycles. The van der Waals surface area contributed by atoms with E-state index in [1.54, 1.807) is 7.11 Å². The minimum atomic E-state index is -0.842. The smallest absolute Gasteiger partial charge is 0.313 e. The molecule has 1 aromatic carbocycles. The predicted octanol–water partition coefficient (Wildman–Crippen LogP) is 1.17. The second-order valence-corrected chi connectivity index (χ2v) is 4.89. The van der Waals surface area contributed by atoms with E-state index in [4.69, 9.17) is 9.84 Å². The van der Waals surface area contributed by atoms with Crippen molar-refractivity contribution < 1.29 is 19.4 Å². The SMILES string of the molecule is COc1ccccc1CC(=O)NCCSCC(=O)O. The van der Waals surface area contributed by atoms with E-state index < -0.39 is 5.97 Å². The lowest BCUT2D eigenvalue weighted by Gasteiger charge is -2.08. The van der Waals surface area contributed by atoms with Gasteiger partial charge in [0.1, 0.15) is 5.75 Å². The van der Waals surface area contributed by atoms with Crippen molar-refractivity contribution in [2.24, 2.45) is 0 Å². The molecule has 2 N–H and O–H groups in total. The van der Waals surface area contributed by atoms with Gasteiger partial charge in [-0.3, -0.25) is 9.59 Å². The first-order valence-corrected chi connectivity index (χ1v) is 6.97. The summed E-state index contributed by atoms with van der Waals surface area (Å²) in [6, 6.07) is 7.36. The van der Waals surface area contributed by atoms with Crippen molar-refractivity contribution in [3.8, 4) is 5.75 Å². The first kappa shape index (κ1) is 15.4. The number of aliphatic carboxylic acids is 1. The lowest BCUT2D eigenvalue weighted by atomic mass is 10.1. The third-order valence-electron chi connectivity index (χ3n) is 2.34. The van der Waals surface area contributed by atoms with E-state index in [1.807, 2.05) is 24.3 Å². The molecule has 5 nitrogen and oxygen atoms in total. The van der Waals surface area contributed by atoms with Gasteiger partial charge in [-0.05, 0) is 6.07 Å². The van der Waals surface area contributed by atoms with E-state index in [0.29, 0.717) is 18.0 Å². The van der Waals surface area contributed by atoms with Crippen molar-refractivity contribution >= 4 is 23.6 Å². The molecule has 1 amide bonds. The van der Waals surface area contributed by atoms with Crippen LogP contribution in [0.1, 0.15) is 5.56 Å². The van der Waals surface area contributed by atoms with Crippen LogP contribution in [0.25, 0.3) is 0 Å². The van der Waals surface area contributed by atoms with Crippen LogP contribution in [0, 0.1) is 0 Å². The van der Waals surface area contributed by atoms with E-state index in [1.165, 1.54) is 11.8 Å². The molecule has 0 saturated carbocycles. The van der Waals surface area contributed by atoms with Crippen LogP contribution in [0.4, 0.5) is 0 Å². The molecule has 0 unspecified atom stereocenters. The number of ether oxygens (including phenoxy) is 1. The summed E-state index contributed by atoms with van der Waals surface area (Å²) in [5.74, 6) is 0.399. The number of thioether (sulfide) groups is 1. The van der Waals surface area contributed by atoms with Gasteiger partial charge in [-0.25, -0.2) is 0 Å². The molecule has 0 atom stereocenters. The number of benzene rings is 1. The van der Waals surface area contributed by atoms with E-state index in [-0.39, 0.29) is 18.1 Å². The van der Waals surface area contributed by atoms with Crippen LogP contribution >= 0.6 is 11.8 Å². The Labute approximate surface area is 116 Å². The Kier molecular flexibility index (Phi) is 6.81. The van der Waals surface area contributed by atoms with Crippen molar-refractivity contribution in [1.82, 2.24) is 5.32 Å². The van der Waals surface area contributed by atoms with E-state index in [2.05, 4.69) is 5.32 Å². The molecule has 1 aromatic rings. The van der Waals surface area contributed by atoms with Crippen LogP contribution in [0.15, 0.2) is 24.3 Å². The van der Waals surface area contributed by atoms with Gasteiger partial charge in [0.25, 0.3) is 0 Å². The van der Waals surface area contributed by atoms with Gasteiger partial charge >= 0.3 is 5.97 Å². The van der Waals surface area contributed by atoms with Crippen LogP contribution in [0.3, 0.4) is 0 Å². The van der Waals surface area contributed by atoms with E-state index in [0.717, 1.165) is 5.56 Å². The minimum Gasteiger partial charge on any atom is -0.496 e. The Bertz CT molecular complexity index is 436. The van der Waals surface area contributed by atoms with Gasteiger partial charge in [-0.2, -0.15) is 0 Å². The standard InChI is InChI=1S/C13H17NO4S/c1-18-11-5-3-2-4-10(11)8-12(15)14-6-7-19-9-13(16)17/h2-5H,6-9H2,1H3,(H,14,15)(H,16,17). The Morgan fingerprint density at radius 1 is 1.37 bits per heavy atom. The van der Waals surface area contributed by atoms with Gasteiger partial charge in [-0.15, -0.1) is 11.8 Å². The third-order valence-corrected chi connectivity index (χ3v) is 3.28. The van der Waals surface area contributed by atoms with E-state index >= 15 is 0 Å². The second-order valence-electron chi connectivity index (χ2n) is 3.78. The average molecular weight is 283 g/mol.